The third-order valence-corrected chi connectivity index (χ3v) is 1.21. The summed E-state index contributed by atoms with van der Waals surface area (Å²) in [5.74, 6) is 1.10. The van der Waals surface area contributed by atoms with E-state index in [9.17, 15) is 0 Å². The van der Waals surface area contributed by atoms with E-state index in [4.69, 9.17) is 11.3 Å². The molecule has 0 fully saturated rings. The number of hydrogen-bond acceptors (Lipinski definition) is 2. The predicted molar refractivity (Wildman–Crippen MR) is 46.3 cm³/mol. The fourth-order valence-corrected chi connectivity index (χ4v) is 0.781. The lowest BCUT2D eigenvalue weighted by molar-refractivity contribution is 0.241. The van der Waals surface area contributed by atoms with E-state index in [1.807, 2.05) is 13.8 Å². The minimum absolute atomic E-state index is 0.144. The normalized spacial score (nSPS) is 9.50. The van der Waals surface area contributed by atoms with Gasteiger partial charge in [0, 0.05) is 0 Å². The fourth-order valence-electron chi connectivity index (χ4n) is 0.781. The molecule has 0 spiro atoms. The quantitative estimate of drug-likeness (QED) is 0.624. The molecule has 3 heteroatoms. The summed E-state index contributed by atoms with van der Waals surface area (Å²) in [5.41, 5.74) is 0. The largest absolute Gasteiger partial charge is 0.487 e. The molecule has 0 saturated heterocycles. The molecule has 0 aliphatic heterocycles. The number of ether oxygens (including phenoxy) is 1. The molecule has 0 saturated carbocycles. The monoisotopic (exact) mass is 162 g/mol. The molecule has 1 heterocycles. The van der Waals surface area contributed by atoms with Gasteiger partial charge >= 0.3 is 0 Å². The predicted octanol–water partition coefficient (Wildman–Crippen LogP) is 2.42. The standard InChI is InChI=1S/C9H10N2O/c1-7(2)12-8-4-5-9(10-3)11-6-8/h4-7H,1-2H3. The topological polar surface area (TPSA) is 26.5 Å². The Labute approximate surface area is 71.8 Å². The maximum Gasteiger partial charge on any atom is 0.269 e. The summed E-state index contributed by atoms with van der Waals surface area (Å²) in [6.07, 6.45) is 1.71. The zero-order valence-electron chi connectivity index (χ0n) is 7.11. The first-order chi connectivity index (χ1) is 5.72. The molecule has 1 aromatic rings. The van der Waals surface area contributed by atoms with Crippen molar-refractivity contribution in [2.75, 3.05) is 0 Å². The minimum atomic E-state index is 0.144. The van der Waals surface area contributed by atoms with Gasteiger partial charge in [-0.3, -0.25) is 0 Å². The third-order valence-electron chi connectivity index (χ3n) is 1.21. The second kappa shape index (κ2) is 3.72. The molecule has 0 N–H and O–H groups in total. The molecular weight excluding hydrogens is 152 g/mol. The van der Waals surface area contributed by atoms with Crippen LogP contribution in [0.1, 0.15) is 13.8 Å². The van der Waals surface area contributed by atoms with Crippen LogP contribution < -0.4 is 4.74 Å². The Balaban J connectivity index is 2.73. The molecule has 62 valence electrons. The van der Waals surface area contributed by atoms with E-state index >= 15 is 0 Å². The van der Waals surface area contributed by atoms with Gasteiger partial charge in [0.2, 0.25) is 0 Å². The Morgan fingerprint density at radius 3 is 2.67 bits per heavy atom. The van der Waals surface area contributed by atoms with E-state index in [2.05, 4.69) is 9.83 Å². The van der Waals surface area contributed by atoms with Gasteiger partial charge < -0.3 is 9.58 Å². The summed E-state index contributed by atoms with van der Waals surface area (Å²) in [4.78, 5) is 7.05. The molecular formula is C9H10N2O. The van der Waals surface area contributed by atoms with Crippen LogP contribution in [0.25, 0.3) is 4.85 Å². The number of rotatable bonds is 2. The SMILES string of the molecule is [C-]#[N+]c1ccc(OC(C)C)cn1. The molecule has 0 atom stereocenters. The summed E-state index contributed by atoms with van der Waals surface area (Å²) in [5, 5.41) is 0. The molecule has 1 aromatic heterocycles. The maximum absolute atomic E-state index is 6.68. The van der Waals surface area contributed by atoms with Crippen molar-refractivity contribution in [2.45, 2.75) is 20.0 Å². The zero-order valence-corrected chi connectivity index (χ0v) is 7.11. The van der Waals surface area contributed by atoms with E-state index in [-0.39, 0.29) is 6.10 Å². The molecule has 0 bridgehead atoms. The highest BCUT2D eigenvalue weighted by atomic mass is 16.5. The number of hydrogen-bond donors (Lipinski definition) is 0. The first-order valence-corrected chi connectivity index (χ1v) is 3.72. The van der Waals surface area contributed by atoms with Crippen molar-refractivity contribution >= 4 is 5.82 Å². The maximum atomic E-state index is 6.68. The second-order valence-electron chi connectivity index (χ2n) is 2.63. The van der Waals surface area contributed by atoms with Crippen LogP contribution in [-0.4, -0.2) is 11.1 Å². The van der Waals surface area contributed by atoms with Crippen molar-refractivity contribution in [3.63, 3.8) is 0 Å². The van der Waals surface area contributed by atoms with Crippen molar-refractivity contribution in [2.24, 2.45) is 0 Å². The van der Waals surface area contributed by atoms with Gasteiger partial charge in [0.1, 0.15) is 0 Å². The number of pyridine rings is 1. The Morgan fingerprint density at radius 1 is 1.50 bits per heavy atom. The average molecular weight is 162 g/mol. The van der Waals surface area contributed by atoms with Crippen molar-refractivity contribution in [1.82, 2.24) is 4.98 Å². The van der Waals surface area contributed by atoms with Gasteiger partial charge in [-0.1, -0.05) is 6.57 Å². The lowest BCUT2D eigenvalue weighted by atomic mass is 10.4. The summed E-state index contributed by atoms with van der Waals surface area (Å²) in [7, 11) is 0. The van der Waals surface area contributed by atoms with Crippen LogP contribution in [0, 0.1) is 6.57 Å². The molecule has 0 aliphatic carbocycles. The van der Waals surface area contributed by atoms with Crippen LogP contribution in [0.15, 0.2) is 18.3 Å². The first kappa shape index (κ1) is 8.54. The first-order valence-electron chi connectivity index (χ1n) is 3.72. The van der Waals surface area contributed by atoms with Crippen LogP contribution in [0.2, 0.25) is 0 Å². The van der Waals surface area contributed by atoms with Crippen LogP contribution in [-0.2, 0) is 0 Å². The van der Waals surface area contributed by atoms with Gasteiger partial charge in [-0.05, 0) is 26.0 Å². The van der Waals surface area contributed by atoms with E-state index in [1.54, 1.807) is 18.3 Å². The molecule has 0 aromatic carbocycles. The van der Waals surface area contributed by atoms with Crippen molar-refractivity contribution in [3.05, 3.63) is 29.7 Å². The van der Waals surface area contributed by atoms with E-state index < -0.39 is 0 Å². The lowest BCUT2D eigenvalue weighted by Crippen LogP contribution is -2.05. The average Bonchev–Trinajstić information content (AvgIpc) is 2.05. The number of aromatic nitrogens is 1. The smallest absolute Gasteiger partial charge is 0.269 e. The Kier molecular flexibility index (Phi) is 2.65. The van der Waals surface area contributed by atoms with Gasteiger partial charge in [0.25, 0.3) is 5.82 Å². The van der Waals surface area contributed by atoms with E-state index in [1.165, 1.54) is 0 Å². The minimum Gasteiger partial charge on any atom is -0.487 e. The molecule has 0 aliphatic rings. The summed E-state index contributed by atoms with van der Waals surface area (Å²) in [6, 6.07) is 3.39. The van der Waals surface area contributed by atoms with Crippen molar-refractivity contribution in [1.29, 1.82) is 0 Å². The van der Waals surface area contributed by atoms with Crippen LogP contribution in [0.3, 0.4) is 0 Å². The number of nitrogens with zero attached hydrogens (tertiary/aromatic N) is 2. The summed E-state index contributed by atoms with van der Waals surface area (Å²) in [6.45, 7) is 10.6. The van der Waals surface area contributed by atoms with Crippen LogP contribution in [0.5, 0.6) is 5.75 Å². The molecule has 3 nitrogen and oxygen atoms in total. The van der Waals surface area contributed by atoms with Gasteiger partial charge in [0.15, 0.2) is 11.9 Å². The fraction of sp³-hybridized carbons (Fsp3) is 0.333. The third kappa shape index (κ3) is 2.24. The van der Waals surface area contributed by atoms with Crippen molar-refractivity contribution < 1.29 is 4.74 Å². The Bertz CT molecular complexity index is 284. The van der Waals surface area contributed by atoms with Crippen molar-refractivity contribution in [3.8, 4) is 5.75 Å². The molecule has 1 rings (SSSR count). The molecule has 0 radical (unpaired) electrons. The molecule has 0 unspecified atom stereocenters. The molecule has 0 amide bonds. The van der Waals surface area contributed by atoms with E-state index in [0.29, 0.717) is 11.6 Å². The summed E-state index contributed by atoms with van der Waals surface area (Å²) >= 11 is 0. The Hall–Kier alpha value is -1.56. The van der Waals surface area contributed by atoms with Crippen LogP contribution >= 0.6 is 0 Å². The lowest BCUT2D eigenvalue weighted by Gasteiger charge is -2.06. The van der Waals surface area contributed by atoms with Gasteiger partial charge in [-0.15, -0.1) is 4.98 Å². The zero-order chi connectivity index (χ0) is 8.97. The van der Waals surface area contributed by atoms with Gasteiger partial charge in [0.05, 0.1) is 6.10 Å². The van der Waals surface area contributed by atoms with Crippen LogP contribution in [0.4, 0.5) is 5.82 Å². The summed E-state index contributed by atoms with van der Waals surface area (Å²) < 4.78 is 5.35. The highest BCUT2D eigenvalue weighted by molar-refractivity contribution is 5.37. The highest BCUT2D eigenvalue weighted by Crippen LogP contribution is 2.14. The van der Waals surface area contributed by atoms with Gasteiger partial charge in [-0.2, -0.15) is 0 Å². The second-order valence-corrected chi connectivity index (χ2v) is 2.63. The molecule has 12 heavy (non-hydrogen) atoms. The van der Waals surface area contributed by atoms with E-state index in [0.717, 1.165) is 0 Å². The highest BCUT2D eigenvalue weighted by Gasteiger charge is 1.99. The Morgan fingerprint density at radius 2 is 2.25 bits per heavy atom. The van der Waals surface area contributed by atoms with Gasteiger partial charge in [-0.25, -0.2) is 0 Å².